The monoisotopic (exact) mass is 176 g/mol. The van der Waals surface area contributed by atoms with E-state index >= 15 is 0 Å². The molecule has 0 aliphatic carbocycles. The third kappa shape index (κ3) is 1.40. The highest BCUT2D eigenvalue weighted by atomic mass is 19.1. The van der Waals surface area contributed by atoms with E-state index in [2.05, 4.69) is 4.98 Å². The van der Waals surface area contributed by atoms with Crippen LogP contribution in [0.3, 0.4) is 0 Å². The molecule has 2 aromatic rings. The maximum atomic E-state index is 12.6. The van der Waals surface area contributed by atoms with Crippen LogP contribution < -0.4 is 5.73 Å². The molecule has 0 aliphatic heterocycles. The number of anilines is 1. The minimum atomic E-state index is -0.238. The second-order valence-corrected chi connectivity index (χ2v) is 2.83. The molecule has 0 fully saturated rings. The summed E-state index contributed by atoms with van der Waals surface area (Å²) in [7, 11) is 0. The van der Waals surface area contributed by atoms with Crippen molar-refractivity contribution < 1.29 is 4.39 Å². The number of halogens is 1. The molecule has 3 N–H and O–H groups in total. The highest BCUT2D eigenvalue weighted by Crippen LogP contribution is 2.24. The Balaban J connectivity index is 2.47. The molecule has 1 heterocycles. The predicted molar refractivity (Wildman–Crippen MR) is 50.6 cm³/mol. The van der Waals surface area contributed by atoms with Gasteiger partial charge < -0.3 is 10.7 Å². The van der Waals surface area contributed by atoms with Gasteiger partial charge in [0.2, 0.25) is 0 Å². The fourth-order valence-corrected chi connectivity index (χ4v) is 1.26. The van der Waals surface area contributed by atoms with E-state index < -0.39 is 0 Å². The highest BCUT2D eigenvalue weighted by Gasteiger charge is 2.02. The number of hydrogen-bond acceptors (Lipinski definition) is 1. The Kier molecular flexibility index (Phi) is 1.77. The minimum absolute atomic E-state index is 0.238. The molecule has 3 heteroatoms. The van der Waals surface area contributed by atoms with Gasteiger partial charge in [0, 0.05) is 18.0 Å². The van der Waals surface area contributed by atoms with Crippen molar-refractivity contribution in [3.8, 4) is 11.1 Å². The zero-order valence-corrected chi connectivity index (χ0v) is 6.92. The SMILES string of the molecule is Nc1c[nH]cc1-c1ccc(F)cc1. The van der Waals surface area contributed by atoms with Gasteiger partial charge in [0.05, 0.1) is 5.69 Å². The van der Waals surface area contributed by atoms with Crippen LogP contribution in [0, 0.1) is 5.82 Å². The van der Waals surface area contributed by atoms with E-state index in [9.17, 15) is 4.39 Å². The number of nitrogen functional groups attached to an aromatic ring is 1. The van der Waals surface area contributed by atoms with Crippen molar-refractivity contribution in [2.75, 3.05) is 5.73 Å². The number of H-pyrrole nitrogens is 1. The lowest BCUT2D eigenvalue weighted by molar-refractivity contribution is 0.628. The Bertz CT molecular complexity index is 403. The Hall–Kier alpha value is -1.77. The molecular formula is C10H9FN2. The highest BCUT2D eigenvalue weighted by molar-refractivity contribution is 5.75. The van der Waals surface area contributed by atoms with E-state index in [0.717, 1.165) is 11.1 Å². The van der Waals surface area contributed by atoms with E-state index in [4.69, 9.17) is 5.73 Å². The lowest BCUT2D eigenvalue weighted by Crippen LogP contribution is -1.84. The first kappa shape index (κ1) is 7.86. The van der Waals surface area contributed by atoms with E-state index in [1.54, 1.807) is 24.5 Å². The average Bonchev–Trinajstić information content (AvgIpc) is 2.53. The van der Waals surface area contributed by atoms with Crippen LogP contribution in [0.5, 0.6) is 0 Å². The van der Waals surface area contributed by atoms with Crippen LogP contribution in [-0.2, 0) is 0 Å². The van der Waals surface area contributed by atoms with Crippen LogP contribution in [0.25, 0.3) is 11.1 Å². The summed E-state index contributed by atoms with van der Waals surface area (Å²) >= 11 is 0. The molecule has 0 spiro atoms. The molecule has 0 aliphatic rings. The van der Waals surface area contributed by atoms with Gasteiger partial charge in [-0.3, -0.25) is 0 Å². The third-order valence-corrected chi connectivity index (χ3v) is 1.93. The van der Waals surface area contributed by atoms with Crippen molar-refractivity contribution in [1.82, 2.24) is 4.98 Å². The van der Waals surface area contributed by atoms with Crippen molar-refractivity contribution in [3.63, 3.8) is 0 Å². The van der Waals surface area contributed by atoms with E-state index in [1.807, 2.05) is 0 Å². The van der Waals surface area contributed by atoms with Crippen LogP contribution in [0.4, 0.5) is 10.1 Å². The van der Waals surface area contributed by atoms with Crippen LogP contribution in [-0.4, -0.2) is 4.98 Å². The maximum Gasteiger partial charge on any atom is 0.123 e. The molecule has 1 aromatic carbocycles. The summed E-state index contributed by atoms with van der Waals surface area (Å²) in [5.74, 6) is -0.238. The molecule has 66 valence electrons. The smallest absolute Gasteiger partial charge is 0.123 e. The third-order valence-electron chi connectivity index (χ3n) is 1.93. The molecule has 0 unspecified atom stereocenters. The van der Waals surface area contributed by atoms with Crippen LogP contribution >= 0.6 is 0 Å². The molecule has 0 atom stereocenters. The van der Waals surface area contributed by atoms with Gasteiger partial charge in [0.25, 0.3) is 0 Å². The van der Waals surface area contributed by atoms with Gasteiger partial charge in [-0.05, 0) is 17.7 Å². The maximum absolute atomic E-state index is 12.6. The van der Waals surface area contributed by atoms with Gasteiger partial charge in [-0.1, -0.05) is 12.1 Å². The average molecular weight is 176 g/mol. The van der Waals surface area contributed by atoms with E-state index in [0.29, 0.717) is 5.69 Å². The van der Waals surface area contributed by atoms with Crippen LogP contribution in [0.15, 0.2) is 36.7 Å². The predicted octanol–water partition coefficient (Wildman–Crippen LogP) is 2.40. The largest absolute Gasteiger partial charge is 0.397 e. The Labute approximate surface area is 75.2 Å². The molecule has 2 rings (SSSR count). The van der Waals surface area contributed by atoms with Gasteiger partial charge in [-0.15, -0.1) is 0 Å². The second-order valence-electron chi connectivity index (χ2n) is 2.83. The lowest BCUT2D eigenvalue weighted by Gasteiger charge is -1.98. The Morgan fingerprint density at radius 2 is 1.77 bits per heavy atom. The number of nitrogens with one attached hydrogen (secondary N) is 1. The summed E-state index contributed by atoms with van der Waals surface area (Å²) in [4.78, 5) is 2.89. The number of rotatable bonds is 1. The fourth-order valence-electron chi connectivity index (χ4n) is 1.26. The summed E-state index contributed by atoms with van der Waals surface area (Å²) in [5, 5.41) is 0. The van der Waals surface area contributed by atoms with Crippen molar-refractivity contribution in [2.24, 2.45) is 0 Å². The van der Waals surface area contributed by atoms with Gasteiger partial charge in [-0.25, -0.2) is 4.39 Å². The summed E-state index contributed by atoms with van der Waals surface area (Å²) in [5.41, 5.74) is 8.18. The topological polar surface area (TPSA) is 41.8 Å². The molecular weight excluding hydrogens is 167 g/mol. The molecule has 0 amide bonds. The zero-order chi connectivity index (χ0) is 9.26. The summed E-state index contributed by atoms with van der Waals surface area (Å²) < 4.78 is 12.6. The van der Waals surface area contributed by atoms with Crippen LogP contribution in [0.1, 0.15) is 0 Å². The van der Waals surface area contributed by atoms with Crippen molar-refractivity contribution in [1.29, 1.82) is 0 Å². The minimum Gasteiger partial charge on any atom is -0.397 e. The number of aromatic nitrogens is 1. The number of aromatic amines is 1. The summed E-state index contributed by atoms with van der Waals surface area (Å²) in [6.45, 7) is 0. The number of benzene rings is 1. The first-order valence-electron chi connectivity index (χ1n) is 3.95. The summed E-state index contributed by atoms with van der Waals surface area (Å²) in [6, 6.07) is 6.24. The zero-order valence-electron chi connectivity index (χ0n) is 6.92. The molecule has 0 radical (unpaired) electrons. The van der Waals surface area contributed by atoms with Crippen LogP contribution in [0.2, 0.25) is 0 Å². The first-order chi connectivity index (χ1) is 6.27. The fraction of sp³-hybridized carbons (Fsp3) is 0. The Morgan fingerprint density at radius 1 is 1.08 bits per heavy atom. The molecule has 0 saturated heterocycles. The molecule has 1 aromatic heterocycles. The standard InChI is InChI=1S/C10H9FN2/c11-8-3-1-7(2-4-8)9-5-13-6-10(9)12/h1-6,13H,12H2. The quantitative estimate of drug-likeness (QED) is 0.688. The molecule has 13 heavy (non-hydrogen) atoms. The lowest BCUT2D eigenvalue weighted by atomic mass is 10.1. The van der Waals surface area contributed by atoms with Gasteiger partial charge >= 0.3 is 0 Å². The molecule has 2 nitrogen and oxygen atoms in total. The van der Waals surface area contributed by atoms with Gasteiger partial charge in [0.1, 0.15) is 5.82 Å². The van der Waals surface area contributed by atoms with Crippen molar-refractivity contribution >= 4 is 5.69 Å². The van der Waals surface area contributed by atoms with Gasteiger partial charge in [-0.2, -0.15) is 0 Å². The van der Waals surface area contributed by atoms with E-state index in [-0.39, 0.29) is 5.82 Å². The normalized spacial score (nSPS) is 10.2. The van der Waals surface area contributed by atoms with Crippen molar-refractivity contribution in [3.05, 3.63) is 42.5 Å². The van der Waals surface area contributed by atoms with Crippen molar-refractivity contribution in [2.45, 2.75) is 0 Å². The Morgan fingerprint density at radius 3 is 2.31 bits per heavy atom. The first-order valence-corrected chi connectivity index (χ1v) is 3.95. The summed E-state index contributed by atoms with van der Waals surface area (Å²) in [6.07, 6.45) is 3.50. The molecule has 0 saturated carbocycles. The number of hydrogen-bond donors (Lipinski definition) is 2. The van der Waals surface area contributed by atoms with Gasteiger partial charge in [0.15, 0.2) is 0 Å². The molecule has 0 bridgehead atoms. The van der Waals surface area contributed by atoms with E-state index in [1.165, 1.54) is 12.1 Å². The second kappa shape index (κ2) is 2.94. The number of nitrogens with two attached hydrogens (primary N) is 1.